The molecule has 0 atom stereocenters. The lowest BCUT2D eigenvalue weighted by Gasteiger charge is -2.05. The standard InChI is InChI=1S/C17H17N3O2/c21-17(12-22-13-6-2-1-3-7-13)18-11-10-16-19-14-8-4-5-9-15(14)20-16/h1-9H,10-12H2,(H,18,21)(H,19,20)/p+1. The van der Waals surface area contributed by atoms with Crippen LogP contribution in [0.25, 0.3) is 11.0 Å². The van der Waals surface area contributed by atoms with E-state index in [9.17, 15) is 4.79 Å². The Bertz CT molecular complexity index is 720. The van der Waals surface area contributed by atoms with Gasteiger partial charge in [-0.15, -0.1) is 0 Å². The van der Waals surface area contributed by atoms with Crippen LogP contribution in [0, 0.1) is 0 Å². The highest BCUT2D eigenvalue weighted by molar-refractivity contribution is 5.77. The molecule has 3 aromatic rings. The molecule has 0 saturated heterocycles. The Hall–Kier alpha value is -2.82. The molecule has 22 heavy (non-hydrogen) atoms. The zero-order valence-corrected chi connectivity index (χ0v) is 12.1. The van der Waals surface area contributed by atoms with Crippen molar-refractivity contribution in [2.24, 2.45) is 0 Å². The van der Waals surface area contributed by atoms with Gasteiger partial charge in [0.05, 0.1) is 6.42 Å². The summed E-state index contributed by atoms with van der Waals surface area (Å²) in [6.45, 7) is 0.584. The van der Waals surface area contributed by atoms with Crippen LogP contribution in [0.5, 0.6) is 5.75 Å². The summed E-state index contributed by atoms with van der Waals surface area (Å²) in [5.41, 5.74) is 2.13. The molecule has 0 aliphatic rings. The number of imidazole rings is 1. The van der Waals surface area contributed by atoms with Crippen molar-refractivity contribution in [3.8, 4) is 5.75 Å². The van der Waals surface area contributed by atoms with Gasteiger partial charge in [-0.3, -0.25) is 4.79 Å². The van der Waals surface area contributed by atoms with E-state index in [-0.39, 0.29) is 12.5 Å². The number of nitrogens with one attached hydrogen (secondary N) is 3. The maximum absolute atomic E-state index is 11.7. The molecule has 5 nitrogen and oxygen atoms in total. The van der Waals surface area contributed by atoms with Gasteiger partial charge >= 0.3 is 0 Å². The van der Waals surface area contributed by atoms with Crippen LogP contribution >= 0.6 is 0 Å². The van der Waals surface area contributed by atoms with Crippen LogP contribution in [-0.2, 0) is 11.2 Å². The first-order valence-electron chi connectivity index (χ1n) is 7.25. The maximum atomic E-state index is 11.7. The Labute approximate surface area is 128 Å². The summed E-state index contributed by atoms with van der Waals surface area (Å²) in [5.74, 6) is 1.56. The minimum absolute atomic E-state index is 0.0282. The second-order valence-corrected chi connectivity index (χ2v) is 4.98. The van der Waals surface area contributed by atoms with Gasteiger partial charge in [-0.05, 0) is 24.3 Å². The number of carbonyl (C=O) groups excluding carboxylic acids is 1. The molecule has 1 aromatic heterocycles. The molecular weight excluding hydrogens is 278 g/mol. The van der Waals surface area contributed by atoms with Gasteiger partial charge in [-0.25, -0.2) is 9.97 Å². The SMILES string of the molecule is O=C(COc1ccccc1)NCCc1[nH]c2ccccc2[nH+]1. The molecule has 1 amide bonds. The number of rotatable bonds is 6. The summed E-state index contributed by atoms with van der Waals surface area (Å²) >= 11 is 0. The van der Waals surface area contributed by atoms with Gasteiger partial charge < -0.3 is 10.1 Å². The van der Waals surface area contributed by atoms with E-state index in [1.54, 1.807) is 0 Å². The molecule has 0 spiro atoms. The molecular formula is C17H18N3O2+. The van der Waals surface area contributed by atoms with Crippen LogP contribution < -0.4 is 15.0 Å². The summed E-state index contributed by atoms with van der Waals surface area (Å²) in [7, 11) is 0. The van der Waals surface area contributed by atoms with Gasteiger partial charge in [0.2, 0.25) is 0 Å². The number of fused-ring (bicyclic) bond motifs is 1. The van der Waals surface area contributed by atoms with E-state index in [1.165, 1.54) is 0 Å². The van der Waals surface area contributed by atoms with Gasteiger partial charge in [0.1, 0.15) is 5.75 Å². The fraction of sp³-hybridized carbons (Fsp3) is 0.176. The van der Waals surface area contributed by atoms with Crippen LogP contribution in [0.1, 0.15) is 5.82 Å². The highest BCUT2D eigenvalue weighted by atomic mass is 16.5. The van der Waals surface area contributed by atoms with Crippen LogP contribution in [0.3, 0.4) is 0 Å². The third kappa shape index (κ3) is 3.63. The number of aromatic amines is 2. The average Bonchev–Trinajstić information content (AvgIpc) is 2.96. The number of benzene rings is 2. The smallest absolute Gasteiger partial charge is 0.257 e. The summed E-state index contributed by atoms with van der Waals surface area (Å²) in [5, 5.41) is 2.84. The predicted molar refractivity (Wildman–Crippen MR) is 83.5 cm³/mol. The molecule has 0 fully saturated rings. The van der Waals surface area contributed by atoms with Crippen molar-refractivity contribution >= 4 is 16.9 Å². The highest BCUT2D eigenvalue weighted by Gasteiger charge is 2.09. The van der Waals surface area contributed by atoms with Crippen molar-refractivity contribution in [2.75, 3.05) is 13.2 Å². The number of amides is 1. The van der Waals surface area contributed by atoms with Gasteiger partial charge in [-0.1, -0.05) is 30.3 Å². The molecule has 2 aromatic carbocycles. The predicted octanol–water partition coefficient (Wildman–Crippen LogP) is 1.72. The second-order valence-electron chi connectivity index (χ2n) is 4.98. The van der Waals surface area contributed by atoms with E-state index in [1.807, 2.05) is 54.6 Å². The maximum Gasteiger partial charge on any atom is 0.257 e. The van der Waals surface area contributed by atoms with E-state index >= 15 is 0 Å². The first-order chi connectivity index (χ1) is 10.8. The Morgan fingerprint density at radius 3 is 2.68 bits per heavy atom. The van der Waals surface area contributed by atoms with Crippen LogP contribution in [0.4, 0.5) is 0 Å². The fourth-order valence-electron chi connectivity index (χ4n) is 2.23. The molecule has 0 radical (unpaired) electrons. The Morgan fingerprint density at radius 1 is 1.09 bits per heavy atom. The van der Waals surface area contributed by atoms with Crippen LogP contribution in [-0.4, -0.2) is 24.0 Å². The van der Waals surface area contributed by atoms with E-state index in [4.69, 9.17) is 4.74 Å². The molecule has 5 heteroatoms. The molecule has 0 aliphatic carbocycles. The number of hydrogen-bond donors (Lipinski definition) is 2. The monoisotopic (exact) mass is 296 g/mol. The lowest BCUT2D eigenvalue weighted by Crippen LogP contribution is -2.31. The number of carbonyl (C=O) groups is 1. The quantitative estimate of drug-likeness (QED) is 0.727. The van der Waals surface area contributed by atoms with E-state index < -0.39 is 0 Å². The van der Waals surface area contributed by atoms with Gasteiger partial charge in [0, 0.05) is 6.54 Å². The summed E-state index contributed by atoms with van der Waals surface area (Å²) in [6.07, 6.45) is 0.714. The molecule has 1 heterocycles. The van der Waals surface area contributed by atoms with E-state index in [0.29, 0.717) is 18.7 Å². The van der Waals surface area contributed by atoms with Crippen molar-refractivity contribution in [3.63, 3.8) is 0 Å². The summed E-state index contributed by atoms with van der Waals surface area (Å²) in [4.78, 5) is 18.3. The Balaban J connectivity index is 1.43. The zero-order chi connectivity index (χ0) is 15.2. The largest absolute Gasteiger partial charge is 0.484 e. The second kappa shape index (κ2) is 6.76. The average molecular weight is 296 g/mol. The number of hydrogen-bond acceptors (Lipinski definition) is 2. The molecule has 0 bridgehead atoms. The summed E-state index contributed by atoms with van der Waals surface area (Å²) in [6, 6.07) is 17.3. The molecule has 3 rings (SSSR count). The first kappa shape index (κ1) is 14.1. The normalized spacial score (nSPS) is 10.5. The third-order valence-corrected chi connectivity index (χ3v) is 3.31. The fourth-order valence-corrected chi connectivity index (χ4v) is 2.23. The van der Waals surface area contributed by atoms with Gasteiger partial charge in [0.15, 0.2) is 17.6 Å². The lowest BCUT2D eigenvalue weighted by atomic mass is 10.3. The van der Waals surface area contributed by atoms with Crippen molar-refractivity contribution < 1.29 is 14.5 Å². The molecule has 3 N–H and O–H groups in total. The molecule has 0 saturated carbocycles. The highest BCUT2D eigenvalue weighted by Crippen LogP contribution is 2.08. The molecule has 0 unspecified atom stereocenters. The third-order valence-electron chi connectivity index (χ3n) is 3.31. The van der Waals surface area contributed by atoms with E-state index in [0.717, 1.165) is 16.9 Å². The Kier molecular flexibility index (Phi) is 4.34. The summed E-state index contributed by atoms with van der Waals surface area (Å²) < 4.78 is 5.39. The number of aromatic nitrogens is 2. The van der Waals surface area contributed by atoms with Gasteiger partial charge in [0.25, 0.3) is 11.7 Å². The Morgan fingerprint density at radius 2 is 1.86 bits per heavy atom. The number of H-pyrrole nitrogens is 2. The number of para-hydroxylation sites is 3. The van der Waals surface area contributed by atoms with Crippen molar-refractivity contribution in [1.29, 1.82) is 0 Å². The van der Waals surface area contributed by atoms with E-state index in [2.05, 4.69) is 15.3 Å². The minimum atomic E-state index is -0.125. The zero-order valence-electron chi connectivity index (χ0n) is 12.1. The van der Waals surface area contributed by atoms with Crippen molar-refractivity contribution in [1.82, 2.24) is 10.3 Å². The topological polar surface area (TPSA) is 68.3 Å². The first-order valence-corrected chi connectivity index (χ1v) is 7.25. The number of ether oxygens (including phenoxy) is 1. The van der Waals surface area contributed by atoms with Crippen molar-refractivity contribution in [2.45, 2.75) is 6.42 Å². The van der Waals surface area contributed by atoms with Crippen LogP contribution in [0.2, 0.25) is 0 Å². The van der Waals surface area contributed by atoms with Gasteiger partial charge in [-0.2, -0.15) is 0 Å². The molecule has 112 valence electrons. The minimum Gasteiger partial charge on any atom is -0.484 e. The van der Waals surface area contributed by atoms with Crippen LogP contribution in [0.15, 0.2) is 54.6 Å². The van der Waals surface area contributed by atoms with Crippen molar-refractivity contribution in [3.05, 3.63) is 60.4 Å². The molecule has 0 aliphatic heterocycles. The lowest BCUT2D eigenvalue weighted by molar-refractivity contribution is -0.357.